The second-order valence-electron chi connectivity index (χ2n) is 7.51. The van der Waals surface area contributed by atoms with E-state index >= 15 is 0 Å². The molecule has 0 saturated carbocycles. The van der Waals surface area contributed by atoms with Crippen molar-refractivity contribution in [2.24, 2.45) is 0 Å². The van der Waals surface area contributed by atoms with Gasteiger partial charge in [-0.05, 0) is 80.1 Å². The normalized spacial score (nSPS) is 14.0. The molecule has 0 bridgehead atoms. The van der Waals surface area contributed by atoms with Crippen LogP contribution in [-0.2, 0) is 12.8 Å². The third-order valence-corrected chi connectivity index (χ3v) is 5.22. The average Bonchev–Trinajstić information content (AvgIpc) is 3.47. The van der Waals surface area contributed by atoms with Crippen LogP contribution < -0.4 is 16.4 Å². The van der Waals surface area contributed by atoms with Gasteiger partial charge < -0.3 is 21.8 Å². The molecule has 1 heterocycles. The van der Waals surface area contributed by atoms with E-state index in [-0.39, 0.29) is 11.4 Å². The SMILES string of the molecule is C1CCNC1.C=C=C.CNc1cc(C(=N)/C=C/c2ccc3c(c2)CCC3)c(N)cc1F. The molecule has 2 aliphatic rings. The van der Waals surface area contributed by atoms with E-state index in [9.17, 15) is 4.39 Å². The summed E-state index contributed by atoms with van der Waals surface area (Å²) in [6.07, 6.45) is 9.90. The van der Waals surface area contributed by atoms with Gasteiger partial charge in [-0.1, -0.05) is 37.4 Å². The van der Waals surface area contributed by atoms with Gasteiger partial charge in [-0.15, -0.1) is 5.73 Å². The van der Waals surface area contributed by atoms with Crippen LogP contribution in [0.5, 0.6) is 0 Å². The summed E-state index contributed by atoms with van der Waals surface area (Å²) in [4.78, 5) is 0. The molecule has 0 atom stereocenters. The van der Waals surface area contributed by atoms with Crippen LogP contribution in [0.1, 0.15) is 41.5 Å². The van der Waals surface area contributed by atoms with Gasteiger partial charge in [0.15, 0.2) is 0 Å². The molecule has 5 N–H and O–H groups in total. The zero-order valence-electron chi connectivity index (χ0n) is 18.4. The molecule has 4 rings (SSSR count). The van der Waals surface area contributed by atoms with Crippen molar-refractivity contribution < 1.29 is 4.39 Å². The monoisotopic (exact) mass is 420 g/mol. The van der Waals surface area contributed by atoms with E-state index in [4.69, 9.17) is 11.1 Å². The Morgan fingerprint density at radius 2 is 1.81 bits per heavy atom. The predicted molar refractivity (Wildman–Crippen MR) is 132 cm³/mol. The summed E-state index contributed by atoms with van der Waals surface area (Å²) in [6.45, 7) is 8.75. The number of halogens is 1. The van der Waals surface area contributed by atoms with Crippen molar-refractivity contribution in [1.29, 1.82) is 5.41 Å². The Hall–Kier alpha value is -3.14. The first-order valence-corrected chi connectivity index (χ1v) is 10.7. The molecule has 2 aromatic carbocycles. The van der Waals surface area contributed by atoms with Crippen LogP contribution >= 0.6 is 0 Å². The van der Waals surface area contributed by atoms with Gasteiger partial charge in [0.1, 0.15) is 5.82 Å². The molecule has 0 radical (unpaired) electrons. The molecule has 31 heavy (non-hydrogen) atoms. The summed E-state index contributed by atoms with van der Waals surface area (Å²) in [7, 11) is 1.64. The minimum Gasteiger partial charge on any atom is -0.398 e. The van der Waals surface area contributed by atoms with Gasteiger partial charge in [0.05, 0.1) is 11.4 Å². The molecular formula is C26H33FN4. The van der Waals surface area contributed by atoms with Gasteiger partial charge in [0.2, 0.25) is 0 Å². The third kappa shape index (κ3) is 7.25. The first-order valence-electron chi connectivity index (χ1n) is 10.7. The van der Waals surface area contributed by atoms with Crippen LogP contribution in [0.4, 0.5) is 15.8 Å². The van der Waals surface area contributed by atoms with Crippen LogP contribution in [-0.4, -0.2) is 25.8 Å². The Bertz CT molecular complexity index is 945. The molecule has 0 spiro atoms. The number of hydrogen-bond donors (Lipinski definition) is 4. The van der Waals surface area contributed by atoms with Crippen LogP contribution in [0.25, 0.3) is 6.08 Å². The van der Waals surface area contributed by atoms with Gasteiger partial charge >= 0.3 is 0 Å². The van der Waals surface area contributed by atoms with E-state index in [1.54, 1.807) is 19.2 Å². The van der Waals surface area contributed by atoms with Crippen molar-refractivity contribution in [3.63, 3.8) is 0 Å². The summed E-state index contributed by atoms with van der Waals surface area (Å²) >= 11 is 0. The third-order valence-electron chi connectivity index (χ3n) is 5.22. The maximum Gasteiger partial charge on any atom is 0.148 e. The minimum atomic E-state index is -0.413. The van der Waals surface area contributed by atoms with E-state index in [1.807, 2.05) is 6.08 Å². The molecule has 5 heteroatoms. The molecule has 0 amide bonds. The minimum absolute atomic E-state index is 0.263. The average molecular weight is 421 g/mol. The maximum atomic E-state index is 13.6. The topological polar surface area (TPSA) is 73.9 Å². The van der Waals surface area contributed by atoms with Crippen LogP contribution in [0.15, 0.2) is 55.3 Å². The zero-order chi connectivity index (χ0) is 22.6. The van der Waals surface area contributed by atoms with E-state index in [0.29, 0.717) is 11.3 Å². The number of rotatable bonds is 4. The molecule has 2 aromatic rings. The van der Waals surface area contributed by atoms with Gasteiger partial charge in [-0.25, -0.2) is 4.39 Å². The van der Waals surface area contributed by atoms with Gasteiger partial charge in [0, 0.05) is 18.3 Å². The lowest BCUT2D eigenvalue weighted by Gasteiger charge is -2.09. The Morgan fingerprint density at radius 1 is 1.13 bits per heavy atom. The zero-order valence-corrected chi connectivity index (χ0v) is 18.4. The Kier molecular flexibility index (Phi) is 9.76. The molecule has 1 saturated heterocycles. The van der Waals surface area contributed by atoms with E-state index < -0.39 is 5.82 Å². The van der Waals surface area contributed by atoms with Gasteiger partial charge in [-0.3, -0.25) is 0 Å². The van der Waals surface area contributed by atoms with Crippen LogP contribution in [0.3, 0.4) is 0 Å². The van der Waals surface area contributed by atoms with Gasteiger partial charge in [-0.2, -0.15) is 0 Å². The molecule has 1 aliphatic heterocycles. The fourth-order valence-corrected chi connectivity index (χ4v) is 3.60. The van der Waals surface area contributed by atoms with Crippen molar-refractivity contribution in [2.45, 2.75) is 32.1 Å². The second kappa shape index (κ2) is 12.5. The highest BCUT2D eigenvalue weighted by atomic mass is 19.1. The number of aryl methyl sites for hydroxylation is 2. The second-order valence-corrected chi connectivity index (χ2v) is 7.51. The summed E-state index contributed by atoms with van der Waals surface area (Å²) in [5, 5.41) is 14.2. The fraction of sp³-hybridized carbons (Fsp3) is 0.308. The van der Waals surface area contributed by atoms with E-state index in [2.05, 4.69) is 47.7 Å². The Labute approximate surface area is 185 Å². The van der Waals surface area contributed by atoms with Crippen molar-refractivity contribution in [2.75, 3.05) is 31.2 Å². The number of nitrogen functional groups attached to an aromatic ring is 1. The highest BCUT2D eigenvalue weighted by molar-refractivity contribution is 6.12. The maximum absolute atomic E-state index is 13.6. The standard InChI is InChI=1S/C19H20FN3.C4H9N.C3H4/c1-23-19-10-15(18(22)11-16(19)20)17(21)8-6-12-5-7-13-3-2-4-14(13)9-12;1-2-4-5-3-1;1-3-2/h5-11,21,23H,2-4,22H2,1H3;5H,1-4H2;1-2H2/b8-6+,21-17?;;. The van der Waals surface area contributed by atoms with Crippen LogP contribution in [0.2, 0.25) is 0 Å². The van der Waals surface area contributed by atoms with E-state index in [0.717, 1.165) is 18.4 Å². The highest BCUT2D eigenvalue weighted by Crippen LogP contribution is 2.25. The Morgan fingerprint density at radius 3 is 2.42 bits per heavy atom. The predicted octanol–water partition coefficient (Wildman–Crippen LogP) is 5.35. The lowest BCUT2D eigenvalue weighted by Crippen LogP contribution is -2.04. The molecule has 1 aliphatic carbocycles. The molecule has 164 valence electrons. The van der Waals surface area contributed by atoms with Gasteiger partial charge in [0.25, 0.3) is 0 Å². The number of nitrogens with one attached hydrogen (secondary N) is 3. The number of benzene rings is 2. The Balaban J connectivity index is 0.000000361. The lowest BCUT2D eigenvalue weighted by atomic mass is 10.0. The molecule has 0 aromatic heterocycles. The first-order chi connectivity index (χ1) is 15.0. The number of fused-ring (bicyclic) bond motifs is 1. The smallest absolute Gasteiger partial charge is 0.148 e. The fourth-order valence-electron chi connectivity index (χ4n) is 3.60. The highest BCUT2D eigenvalue weighted by Gasteiger charge is 2.11. The van der Waals surface area contributed by atoms with Crippen molar-refractivity contribution >= 4 is 23.2 Å². The molecule has 4 nitrogen and oxygen atoms in total. The number of nitrogens with two attached hydrogens (primary N) is 1. The van der Waals surface area contributed by atoms with Crippen LogP contribution in [0, 0.1) is 11.2 Å². The quantitative estimate of drug-likeness (QED) is 0.306. The summed E-state index contributed by atoms with van der Waals surface area (Å²) in [6, 6.07) is 9.23. The molecular weight excluding hydrogens is 387 g/mol. The summed E-state index contributed by atoms with van der Waals surface area (Å²) < 4.78 is 13.6. The number of allylic oxidation sites excluding steroid dienone is 1. The molecule has 0 unspecified atom stereocenters. The largest absolute Gasteiger partial charge is 0.398 e. The van der Waals surface area contributed by atoms with Crippen molar-refractivity contribution in [1.82, 2.24) is 5.32 Å². The van der Waals surface area contributed by atoms with Crippen molar-refractivity contribution in [3.05, 3.63) is 83.4 Å². The van der Waals surface area contributed by atoms with E-state index in [1.165, 1.54) is 49.5 Å². The van der Waals surface area contributed by atoms with Crippen molar-refractivity contribution in [3.8, 4) is 0 Å². The molecule has 1 fully saturated rings. The number of hydrogen-bond acceptors (Lipinski definition) is 4. The lowest BCUT2D eigenvalue weighted by molar-refractivity contribution is 0.632. The summed E-state index contributed by atoms with van der Waals surface area (Å²) in [5.41, 5.74) is 13.4. The number of anilines is 2. The summed E-state index contributed by atoms with van der Waals surface area (Å²) in [5.74, 6) is -0.413. The first kappa shape index (κ1) is 24.1.